The summed E-state index contributed by atoms with van der Waals surface area (Å²) in [5.74, 6) is 0.508. The normalized spacial score (nSPS) is 15.0. The Morgan fingerprint density at radius 2 is 1.87 bits per heavy atom. The van der Waals surface area contributed by atoms with E-state index in [-0.39, 0.29) is 0 Å². The number of piperidine rings is 1. The van der Waals surface area contributed by atoms with Crippen molar-refractivity contribution in [2.75, 3.05) is 18.0 Å². The summed E-state index contributed by atoms with van der Waals surface area (Å²) in [4.78, 5) is 15.6. The zero-order valence-electron chi connectivity index (χ0n) is 17.2. The summed E-state index contributed by atoms with van der Waals surface area (Å²) in [6.07, 6.45) is 6.30. The molecule has 1 aromatic carbocycles. The fraction of sp³-hybridized carbons (Fsp3) is 0.304. The van der Waals surface area contributed by atoms with Gasteiger partial charge in [0.1, 0.15) is 12.1 Å². The summed E-state index contributed by atoms with van der Waals surface area (Å²) in [5, 5.41) is 4.63. The van der Waals surface area contributed by atoms with Gasteiger partial charge in [0.25, 0.3) is 0 Å². The predicted octanol–water partition coefficient (Wildman–Crippen LogP) is 4.23. The van der Waals surface area contributed by atoms with Crippen LogP contribution in [0.15, 0.2) is 48.9 Å². The first-order valence-corrected chi connectivity index (χ1v) is 10.4. The fourth-order valence-electron chi connectivity index (χ4n) is 4.16. The van der Waals surface area contributed by atoms with E-state index in [1.165, 1.54) is 6.07 Å². The molecule has 0 aliphatic carbocycles. The van der Waals surface area contributed by atoms with Gasteiger partial charge in [0, 0.05) is 43.0 Å². The van der Waals surface area contributed by atoms with Gasteiger partial charge in [-0.1, -0.05) is 6.07 Å². The average Bonchev–Trinajstić information content (AvgIpc) is 3.19. The molecule has 3 aromatic heterocycles. The molecule has 31 heavy (non-hydrogen) atoms. The van der Waals surface area contributed by atoms with Crippen LogP contribution in [0.25, 0.3) is 16.8 Å². The van der Waals surface area contributed by atoms with Crippen LogP contribution >= 0.6 is 0 Å². The molecule has 5 rings (SSSR count). The van der Waals surface area contributed by atoms with E-state index in [9.17, 15) is 8.78 Å². The molecule has 1 saturated heterocycles. The minimum atomic E-state index is -0.870. The highest BCUT2D eigenvalue weighted by molar-refractivity contribution is 5.77. The van der Waals surface area contributed by atoms with E-state index in [1.807, 2.05) is 31.3 Å². The minimum Gasteiger partial charge on any atom is -0.356 e. The molecule has 4 aromatic rings. The number of anilines is 1. The number of hydrogen-bond acceptors (Lipinski definition) is 5. The van der Waals surface area contributed by atoms with Crippen LogP contribution in [0.4, 0.5) is 14.6 Å². The van der Waals surface area contributed by atoms with Gasteiger partial charge in [0.05, 0.1) is 0 Å². The van der Waals surface area contributed by atoms with E-state index in [0.717, 1.165) is 61.3 Å². The number of rotatable bonds is 4. The Bertz CT molecular complexity index is 1230. The molecule has 0 spiro atoms. The van der Waals surface area contributed by atoms with Crippen molar-refractivity contribution in [3.05, 3.63) is 72.1 Å². The molecule has 1 fully saturated rings. The van der Waals surface area contributed by atoms with Gasteiger partial charge in [-0.2, -0.15) is 5.10 Å². The number of nitrogens with zero attached hydrogens (tertiary/aromatic N) is 6. The second-order valence-corrected chi connectivity index (χ2v) is 8.00. The maximum absolute atomic E-state index is 13.7. The largest absolute Gasteiger partial charge is 0.356 e. The van der Waals surface area contributed by atoms with Gasteiger partial charge in [-0.15, -0.1) is 0 Å². The van der Waals surface area contributed by atoms with E-state index >= 15 is 0 Å². The average molecular weight is 420 g/mol. The number of aromatic nitrogens is 5. The number of fused-ring (bicyclic) bond motifs is 1. The number of pyridine rings is 1. The Kier molecular flexibility index (Phi) is 5.05. The Morgan fingerprint density at radius 1 is 1.03 bits per heavy atom. The van der Waals surface area contributed by atoms with E-state index in [2.05, 4.69) is 20.0 Å². The lowest BCUT2D eigenvalue weighted by molar-refractivity contribution is 0.395. The van der Waals surface area contributed by atoms with Crippen LogP contribution in [0.2, 0.25) is 0 Å². The molecule has 0 amide bonds. The van der Waals surface area contributed by atoms with E-state index in [1.54, 1.807) is 16.9 Å². The maximum Gasteiger partial charge on any atom is 0.163 e. The highest BCUT2D eigenvalue weighted by atomic mass is 19.2. The highest BCUT2D eigenvalue weighted by Gasteiger charge is 2.22. The van der Waals surface area contributed by atoms with Gasteiger partial charge in [-0.05, 0) is 55.5 Å². The van der Waals surface area contributed by atoms with Crippen molar-refractivity contribution in [1.82, 2.24) is 24.6 Å². The molecule has 0 atom stereocenters. The molecule has 0 saturated carbocycles. The van der Waals surface area contributed by atoms with Crippen molar-refractivity contribution >= 4 is 11.5 Å². The van der Waals surface area contributed by atoms with Crippen LogP contribution in [0.1, 0.15) is 24.4 Å². The van der Waals surface area contributed by atoms with E-state index in [0.29, 0.717) is 17.1 Å². The Morgan fingerprint density at radius 3 is 2.65 bits per heavy atom. The molecule has 0 bridgehead atoms. The molecule has 1 aliphatic rings. The van der Waals surface area contributed by atoms with Crippen molar-refractivity contribution < 1.29 is 8.78 Å². The Labute approximate surface area is 178 Å². The van der Waals surface area contributed by atoms with Crippen molar-refractivity contribution in [2.45, 2.75) is 26.2 Å². The molecule has 158 valence electrons. The third-order valence-electron chi connectivity index (χ3n) is 5.84. The Hall–Kier alpha value is -3.42. The molecule has 8 heteroatoms. The smallest absolute Gasteiger partial charge is 0.163 e. The van der Waals surface area contributed by atoms with Gasteiger partial charge >= 0.3 is 0 Å². The second kappa shape index (κ2) is 8.02. The van der Waals surface area contributed by atoms with Gasteiger partial charge in [0.15, 0.2) is 23.1 Å². The van der Waals surface area contributed by atoms with E-state index < -0.39 is 11.6 Å². The SMILES string of the molecule is Cc1cc(N2CCC(Cc3nc4c(-c5ccc(F)c(F)c5)cccn4n3)CC2)ncn1. The van der Waals surface area contributed by atoms with Crippen LogP contribution in [0, 0.1) is 24.5 Å². The molecular weight excluding hydrogens is 398 g/mol. The monoisotopic (exact) mass is 420 g/mol. The van der Waals surface area contributed by atoms with Crippen molar-refractivity contribution in [1.29, 1.82) is 0 Å². The zero-order chi connectivity index (χ0) is 21.4. The van der Waals surface area contributed by atoms with Crippen LogP contribution < -0.4 is 4.90 Å². The number of benzene rings is 1. The summed E-state index contributed by atoms with van der Waals surface area (Å²) in [5.41, 5.74) is 2.93. The summed E-state index contributed by atoms with van der Waals surface area (Å²) in [6, 6.07) is 9.60. The van der Waals surface area contributed by atoms with Crippen LogP contribution in [-0.4, -0.2) is 37.7 Å². The van der Waals surface area contributed by atoms with Gasteiger partial charge in [-0.3, -0.25) is 0 Å². The summed E-state index contributed by atoms with van der Waals surface area (Å²) in [7, 11) is 0. The second-order valence-electron chi connectivity index (χ2n) is 8.00. The van der Waals surface area contributed by atoms with Gasteiger partial charge in [0.2, 0.25) is 0 Å². The predicted molar refractivity (Wildman–Crippen MR) is 114 cm³/mol. The summed E-state index contributed by atoms with van der Waals surface area (Å²) < 4.78 is 28.8. The lowest BCUT2D eigenvalue weighted by atomic mass is 9.93. The molecule has 0 radical (unpaired) electrons. The van der Waals surface area contributed by atoms with Crippen molar-refractivity contribution in [3.63, 3.8) is 0 Å². The number of halogens is 2. The van der Waals surface area contributed by atoms with Crippen LogP contribution in [-0.2, 0) is 6.42 Å². The summed E-state index contributed by atoms with van der Waals surface area (Å²) in [6.45, 7) is 3.85. The van der Waals surface area contributed by atoms with Crippen LogP contribution in [0.5, 0.6) is 0 Å². The number of aryl methyl sites for hydroxylation is 1. The van der Waals surface area contributed by atoms with Crippen LogP contribution in [0.3, 0.4) is 0 Å². The first-order valence-electron chi connectivity index (χ1n) is 10.4. The molecule has 6 nitrogen and oxygen atoms in total. The lowest BCUT2D eigenvalue weighted by Gasteiger charge is -2.32. The maximum atomic E-state index is 13.7. The topological polar surface area (TPSA) is 59.2 Å². The minimum absolute atomic E-state index is 0.489. The number of hydrogen-bond donors (Lipinski definition) is 0. The Balaban J connectivity index is 1.32. The third kappa shape index (κ3) is 3.97. The quantitative estimate of drug-likeness (QED) is 0.495. The molecule has 1 aliphatic heterocycles. The van der Waals surface area contributed by atoms with Gasteiger partial charge < -0.3 is 4.90 Å². The lowest BCUT2D eigenvalue weighted by Crippen LogP contribution is -2.35. The van der Waals surface area contributed by atoms with Crippen molar-refractivity contribution in [3.8, 4) is 11.1 Å². The van der Waals surface area contributed by atoms with E-state index in [4.69, 9.17) is 4.98 Å². The first kappa shape index (κ1) is 19.5. The standard InChI is InChI=1S/C23H22F2N6/c1-15-11-22(27-14-26-15)30-9-6-16(7-10-30)12-21-28-23-18(3-2-8-31(23)29-21)17-4-5-19(24)20(25)13-17/h2-5,8,11,13-14,16H,6-7,9-10,12H2,1H3. The zero-order valence-corrected chi connectivity index (χ0v) is 17.2. The molecule has 4 heterocycles. The summed E-state index contributed by atoms with van der Waals surface area (Å²) >= 11 is 0. The third-order valence-corrected chi connectivity index (χ3v) is 5.84. The van der Waals surface area contributed by atoms with Gasteiger partial charge in [-0.25, -0.2) is 28.2 Å². The first-order chi connectivity index (χ1) is 15.1. The molecule has 0 N–H and O–H groups in total. The molecule has 0 unspecified atom stereocenters. The highest BCUT2D eigenvalue weighted by Crippen LogP contribution is 2.27. The fourth-order valence-corrected chi connectivity index (χ4v) is 4.16. The molecular formula is C23H22F2N6. The van der Waals surface area contributed by atoms with Crippen molar-refractivity contribution in [2.24, 2.45) is 5.92 Å².